The fourth-order valence-corrected chi connectivity index (χ4v) is 2.57. The van der Waals surface area contributed by atoms with Gasteiger partial charge in [0.2, 0.25) is 11.6 Å². The van der Waals surface area contributed by atoms with E-state index in [-0.39, 0.29) is 17.3 Å². The van der Waals surface area contributed by atoms with E-state index in [0.717, 1.165) is 18.5 Å². The van der Waals surface area contributed by atoms with Gasteiger partial charge < -0.3 is 10.2 Å². The lowest BCUT2D eigenvalue weighted by Crippen LogP contribution is -2.24. The number of anilines is 3. The molecule has 0 unspecified atom stereocenters. The van der Waals surface area contributed by atoms with Crippen LogP contribution in [-0.4, -0.2) is 28.0 Å². The maximum absolute atomic E-state index is 13.0. The van der Waals surface area contributed by atoms with Gasteiger partial charge in [0.25, 0.3) is 0 Å². The summed E-state index contributed by atoms with van der Waals surface area (Å²) in [6.45, 7) is 4.54. The quantitative estimate of drug-likeness (QED) is 0.572. The Morgan fingerprint density at radius 2 is 1.92 bits per heavy atom. The molecule has 0 saturated heterocycles. The van der Waals surface area contributed by atoms with Crippen molar-refractivity contribution in [3.8, 4) is 0 Å². The highest BCUT2D eigenvalue weighted by Gasteiger charge is 2.34. The van der Waals surface area contributed by atoms with E-state index in [1.54, 1.807) is 18.7 Å². The lowest BCUT2D eigenvalue weighted by Gasteiger charge is -2.20. The number of nitrogens with one attached hydrogen (secondary N) is 1. The molecule has 0 aliphatic heterocycles. The first kappa shape index (κ1) is 19.7. The summed E-state index contributed by atoms with van der Waals surface area (Å²) < 4.78 is 39.0. The molecule has 1 heterocycles. The van der Waals surface area contributed by atoms with Crippen LogP contribution in [0.2, 0.25) is 5.02 Å². The summed E-state index contributed by atoms with van der Waals surface area (Å²) in [4.78, 5) is 20.2. The fraction of sp³-hybridized carbons (Fsp3) is 0.333. The van der Waals surface area contributed by atoms with E-state index in [1.807, 2.05) is 0 Å². The molecule has 0 saturated carbocycles. The van der Waals surface area contributed by atoms with Gasteiger partial charge in [-0.25, -0.2) is 9.97 Å². The Hall–Kier alpha value is -2.62. The lowest BCUT2D eigenvalue weighted by molar-refractivity contribution is -0.383. The zero-order valence-electron chi connectivity index (χ0n) is 13.8. The average molecular weight is 390 g/mol. The topological polar surface area (TPSA) is 84.2 Å². The predicted octanol–water partition coefficient (Wildman–Crippen LogP) is 4.65. The van der Waals surface area contributed by atoms with Crippen LogP contribution in [0.5, 0.6) is 0 Å². The molecule has 0 aliphatic rings. The molecular formula is C15H15ClF3N5O2. The van der Waals surface area contributed by atoms with Crippen molar-refractivity contribution in [2.75, 3.05) is 23.3 Å². The molecule has 11 heteroatoms. The molecule has 1 N–H and O–H groups in total. The van der Waals surface area contributed by atoms with Crippen LogP contribution >= 0.6 is 11.6 Å². The summed E-state index contributed by atoms with van der Waals surface area (Å²) in [6, 6.07) is 3.11. The monoisotopic (exact) mass is 389 g/mol. The number of rotatable bonds is 6. The average Bonchev–Trinajstić information content (AvgIpc) is 2.56. The van der Waals surface area contributed by atoms with E-state index < -0.39 is 27.4 Å². The second kappa shape index (κ2) is 7.73. The van der Waals surface area contributed by atoms with Gasteiger partial charge in [-0.3, -0.25) is 10.1 Å². The zero-order valence-corrected chi connectivity index (χ0v) is 14.6. The number of nitrogens with zero attached hydrogens (tertiary/aromatic N) is 4. The molecule has 0 spiro atoms. The van der Waals surface area contributed by atoms with Gasteiger partial charge in [0, 0.05) is 18.8 Å². The Morgan fingerprint density at radius 1 is 1.27 bits per heavy atom. The molecule has 0 atom stereocenters. The summed E-state index contributed by atoms with van der Waals surface area (Å²) in [5.74, 6) is -0.121. The van der Waals surface area contributed by atoms with E-state index in [4.69, 9.17) is 11.6 Å². The van der Waals surface area contributed by atoms with Crippen LogP contribution in [0.4, 0.5) is 36.2 Å². The van der Waals surface area contributed by atoms with E-state index in [1.165, 1.54) is 6.07 Å². The van der Waals surface area contributed by atoms with Crippen molar-refractivity contribution in [3.63, 3.8) is 0 Å². The molecule has 2 aromatic rings. The lowest BCUT2D eigenvalue weighted by atomic mass is 10.2. The molecule has 7 nitrogen and oxygen atoms in total. The molecule has 0 radical (unpaired) electrons. The Labute approximate surface area is 152 Å². The van der Waals surface area contributed by atoms with E-state index in [2.05, 4.69) is 15.3 Å². The third-order valence-electron chi connectivity index (χ3n) is 3.58. The number of hydrogen-bond donors (Lipinski definition) is 1. The van der Waals surface area contributed by atoms with Crippen molar-refractivity contribution in [3.05, 3.63) is 45.2 Å². The minimum atomic E-state index is -4.65. The molecule has 140 valence electrons. The fourth-order valence-electron chi connectivity index (χ4n) is 2.34. The number of aromatic nitrogens is 2. The smallest absolute Gasteiger partial charge is 0.351 e. The summed E-state index contributed by atoms with van der Waals surface area (Å²) in [7, 11) is 0. The highest BCUT2D eigenvalue weighted by molar-refractivity contribution is 6.31. The standard InChI is InChI=1S/C15H15ClF3N5O2/c1-3-23(4-2)14-12(24(25)26)13(20-8-21-14)22-9-5-6-11(16)10(7-9)15(17,18)19/h5-8H,3-4H2,1-2H3,(H,20,21,22). The van der Waals surface area contributed by atoms with Crippen LogP contribution in [-0.2, 0) is 6.18 Å². The molecular weight excluding hydrogens is 375 g/mol. The predicted molar refractivity (Wildman–Crippen MR) is 92.0 cm³/mol. The maximum atomic E-state index is 13.0. The number of benzene rings is 1. The minimum absolute atomic E-state index is 0.0333. The molecule has 0 fully saturated rings. The second-order valence-corrected chi connectivity index (χ2v) is 5.55. The number of nitro groups is 1. The van der Waals surface area contributed by atoms with Crippen molar-refractivity contribution < 1.29 is 18.1 Å². The third-order valence-corrected chi connectivity index (χ3v) is 3.91. The third kappa shape index (κ3) is 4.13. The van der Waals surface area contributed by atoms with Crippen molar-refractivity contribution >= 4 is 34.6 Å². The van der Waals surface area contributed by atoms with Gasteiger partial charge >= 0.3 is 11.9 Å². The first-order valence-electron chi connectivity index (χ1n) is 7.57. The maximum Gasteiger partial charge on any atom is 0.417 e. The Balaban J connectivity index is 2.51. The number of hydrogen-bond acceptors (Lipinski definition) is 6. The van der Waals surface area contributed by atoms with E-state index >= 15 is 0 Å². The van der Waals surface area contributed by atoms with Gasteiger partial charge in [0.05, 0.1) is 15.5 Å². The molecule has 0 aliphatic carbocycles. The van der Waals surface area contributed by atoms with Crippen molar-refractivity contribution in [1.82, 2.24) is 9.97 Å². The van der Waals surface area contributed by atoms with Gasteiger partial charge in [-0.1, -0.05) is 11.6 Å². The van der Waals surface area contributed by atoms with Crippen LogP contribution in [0.1, 0.15) is 19.4 Å². The molecule has 1 aromatic heterocycles. The normalized spacial score (nSPS) is 11.3. The molecule has 2 rings (SSSR count). The first-order valence-corrected chi connectivity index (χ1v) is 7.94. The first-order chi connectivity index (χ1) is 12.2. The van der Waals surface area contributed by atoms with Crippen LogP contribution in [0.15, 0.2) is 24.5 Å². The van der Waals surface area contributed by atoms with Gasteiger partial charge in [-0.15, -0.1) is 0 Å². The SMILES string of the molecule is CCN(CC)c1ncnc(Nc2ccc(Cl)c(C(F)(F)F)c2)c1[N+](=O)[O-]. The van der Waals surface area contributed by atoms with Crippen LogP contribution in [0, 0.1) is 10.1 Å². The Kier molecular flexibility index (Phi) is 5.86. The molecule has 0 bridgehead atoms. The van der Waals surface area contributed by atoms with Crippen LogP contribution in [0.3, 0.4) is 0 Å². The van der Waals surface area contributed by atoms with Crippen LogP contribution in [0.25, 0.3) is 0 Å². The van der Waals surface area contributed by atoms with Crippen molar-refractivity contribution in [2.45, 2.75) is 20.0 Å². The summed E-state index contributed by atoms with van der Waals surface area (Å²) in [5, 5.41) is 13.6. The second-order valence-electron chi connectivity index (χ2n) is 5.14. The summed E-state index contributed by atoms with van der Waals surface area (Å²) >= 11 is 5.58. The molecule has 26 heavy (non-hydrogen) atoms. The van der Waals surface area contributed by atoms with Gasteiger partial charge in [0.15, 0.2) is 0 Å². The largest absolute Gasteiger partial charge is 0.417 e. The highest BCUT2D eigenvalue weighted by Crippen LogP contribution is 2.38. The highest BCUT2D eigenvalue weighted by atomic mass is 35.5. The Morgan fingerprint density at radius 3 is 2.46 bits per heavy atom. The van der Waals surface area contributed by atoms with E-state index in [0.29, 0.717) is 13.1 Å². The summed E-state index contributed by atoms with van der Waals surface area (Å²) in [5.41, 5.74) is -1.50. The molecule has 1 aromatic carbocycles. The summed E-state index contributed by atoms with van der Waals surface area (Å²) in [6.07, 6.45) is -3.54. The van der Waals surface area contributed by atoms with Gasteiger partial charge in [-0.05, 0) is 32.0 Å². The number of alkyl halides is 3. The van der Waals surface area contributed by atoms with Crippen LogP contribution < -0.4 is 10.2 Å². The minimum Gasteiger partial charge on any atom is -0.351 e. The van der Waals surface area contributed by atoms with Crippen molar-refractivity contribution in [2.24, 2.45) is 0 Å². The van der Waals surface area contributed by atoms with Gasteiger partial charge in [-0.2, -0.15) is 13.2 Å². The Bertz CT molecular complexity index is 812. The van der Waals surface area contributed by atoms with E-state index in [9.17, 15) is 23.3 Å². The van der Waals surface area contributed by atoms with Gasteiger partial charge in [0.1, 0.15) is 6.33 Å². The molecule has 0 amide bonds. The zero-order chi connectivity index (χ0) is 19.5. The van der Waals surface area contributed by atoms with Crippen molar-refractivity contribution in [1.29, 1.82) is 0 Å². The number of halogens is 4.